The van der Waals surface area contributed by atoms with Crippen molar-refractivity contribution in [2.45, 2.75) is 5.03 Å². The summed E-state index contributed by atoms with van der Waals surface area (Å²) in [6, 6.07) is 0.314. The molecule has 0 atom stereocenters. The highest BCUT2D eigenvalue weighted by Crippen LogP contribution is 2.24. The first-order valence-corrected chi connectivity index (χ1v) is 10.5. The second-order valence-corrected chi connectivity index (χ2v) is 8.08. The van der Waals surface area contributed by atoms with Gasteiger partial charge in [0.15, 0.2) is 5.03 Å². The van der Waals surface area contributed by atoms with E-state index in [1.54, 1.807) is 0 Å². The van der Waals surface area contributed by atoms with Gasteiger partial charge in [-0.05, 0) is 0 Å². The molecule has 3 rings (SSSR count). The van der Waals surface area contributed by atoms with Crippen LogP contribution in [0.15, 0.2) is 22.4 Å². The van der Waals surface area contributed by atoms with E-state index in [9.17, 15) is 13.2 Å². The van der Waals surface area contributed by atoms with Crippen molar-refractivity contribution in [3.05, 3.63) is 17.8 Å². The number of aromatic nitrogens is 4. The van der Waals surface area contributed by atoms with Crippen molar-refractivity contribution in [1.29, 1.82) is 0 Å². The molecule has 0 saturated carbocycles. The molecule has 0 aromatic carbocycles. The molecule has 0 unspecified atom stereocenters. The zero-order chi connectivity index (χ0) is 21.0. The molecule has 0 aliphatic carbocycles. The molecule has 0 saturated heterocycles. The molecule has 0 bridgehead atoms. The number of anilines is 1. The van der Waals surface area contributed by atoms with E-state index >= 15 is 0 Å². The van der Waals surface area contributed by atoms with Crippen molar-refractivity contribution in [3.63, 3.8) is 0 Å². The number of hydrogen-bond acceptors (Lipinski definition) is 11. The Morgan fingerprint density at radius 1 is 1.28 bits per heavy atom. The number of nitrogens with one attached hydrogen (secondary N) is 2. The normalized spacial score (nSPS) is 13.8. The van der Waals surface area contributed by atoms with Gasteiger partial charge in [-0.2, -0.15) is 23.5 Å². The molecule has 3 heterocycles. The molecule has 2 N–H and O–H groups in total. The Bertz CT molecular complexity index is 1030. The SMILES string of the molecule is COc1cc(OC)nc(NC(=O)NS(=O)(=O)c2c(C3=NOCCS3)cnn2C)n1. The molecule has 13 nitrogen and oxygen atoms in total. The van der Waals surface area contributed by atoms with Gasteiger partial charge in [-0.3, -0.25) is 10.00 Å². The topological polar surface area (TPSA) is 159 Å². The van der Waals surface area contributed by atoms with Crippen molar-refractivity contribution >= 4 is 38.8 Å². The number of thioether (sulfide) groups is 1. The highest BCUT2D eigenvalue weighted by Gasteiger charge is 2.29. The van der Waals surface area contributed by atoms with Crippen LogP contribution in [0.4, 0.5) is 10.7 Å². The van der Waals surface area contributed by atoms with Crippen LogP contribution >= 0.6 is 11.8 Å². The minimum absolute atomic E-state index is 0.122. The molecule has 2 aromatic rings. The molecule has 0 fully saturated rings. The second kappa shape index (κ2) is 8.52. The van der Waals surface area contributed by atoms with Crippen LogP contribution in [0.1, 0.15) is 5.56 Å². The fourth-order valence-corrected chi connectivity index (χ4v) is 4.34. The van der Waals surface area contributed by atoms with Crippen LogP contribution in [-0.4, -0.2) is 65.8 Å². The first-order chi connectivity index (χ1) is 13.8. The van der Waals surface area contributed by atoms with E-state index in [-0.39, 0.29) is 28.3 Å². The summed E-state index contributed by atoms with van der Waals surface area (Å²) in [7, 11) is -0.135. The van der Waals surface area contributed by atoms with Crippen molar-refractivity contribution < 1.29 is 27.5 Å². The van der Waals surface area contributed by atoms with Crippen LogP contribution in [0.25, 0.3) is 0 Å². The zero-order valence-corrected chi connectivity index (χ0v) is 17.2. The van der Waals surface area contributed by atoms with E-state index in [4.69, 9.17) is 14.3 Å². The summed E-state index contributed by atoms with van der Waals surface area (Å²) in [5.41, 5.74) is 0.219. The average Bonchev–Trinajstić information content (AvgIpc) is 3.10. The monoisotopic (exact) mass is 443 g/mol. The first-order valence-electron chi connectivity index (χ1n) is 8.00. The van der Waals surface area contributed by atoms with Gasteiger partial charge in [-0.1, -0.05) is 16.9 Å². The number of carbonyl (C=O) groups excluding carboxylic acids is 1. The summed E-state index contributed by atoms with van der Waals surface area (Å²) >= 11 is 1.32. The summed E-state index contributed by atoms with van der Waals surface area (Å²) < 4.78 is 38.6. The van der Waals surface area contributed by atoms with Crippen LogP contribution in [-0.2, 0) is 21.9 Å². The van der Waals surface area contributed by atoms with Gasteiger partial charge in [-0.15, -0.1) is 0 Å². The lowest BCUT2D eigenvalue weighted by Gasteiger charge is -2.13. The summed E-state index contributed by atoms with van der Waals surface area (Å²) in [6.07, 6.45) is 1.34. The van der Waals surface area contributed by atoms with Gasteiger partial charge in [-0.25, -0.2) is 9.52 Å². The summed E-state index contributed by atoms with van der Waals surface area (Å²) in [5, 5.41) is 10.1. The van der Waals surface area contributed by atoms with Crippen molar-refractivity contribution in [2.75, 3.05) is 31.9 Å². The summed E-state index contributed by atoms with van der Waals surface area (Å²) in [4.78, 5) is 25.1. The van der Waals surface area contributed by atoms with Gasteiger partial charge in [0.25, 0.3) is 10.0 Å². The minimum atomic E-state index is -4.31. The molecular formula is C14H17N7O6S2. The number of urea groups is 1. The fourth-order valence-electron chi connectivity index (χ4n) is 2.29. The number of sulfonamides is 1. The predicted molar refractivity (Wildman–Crippen MR) is 103 cm³/mol. The number of rotatable bonds is 6. The van der Waals surface area contributed by atoms with Gasteiger partial charge in [0.2, 0.25) is 17.7 Å². The number of aryl methyl sites for hydroxylation is 1. The van der Waals surface area contributed by atoms with Crippen LogP contribution < -0.4 is 19.5 Å². The highest BCUT2D eigenvalue weighted by molar-refractivity contribution is 8.14. The van der Waals surface area contributed by atoms with E-state index in [2.05, 4.69) is 25.5 Å². The second-order valence-electron chi connectivity index (χ2n) is 5.40. The molecular weight excluding hydrogens is 426 g/mol. The Hall–Kier alpha value is -3.07. The summed E-state index contributed by atoms with van der Waals surface area (Å²) in [6.45, 7) is 0.418. The van der Waals surface area contributed by atoms with Crippen LogP contribution in [0, 0.1) is 0 Å². The largest absolute Gasteiger partial charge is 0.481 e. The number of hydrogen-bond donors (Lipinski definition) is 2. The van der Waals surface area contributed by atoms with Gasteiger partial charge in [0.1, 0.15) is 11.7 Å². The number of nitrogens with zero attached hydrogens (tertiary/aromatic N) is 5. The average molecular weight is 443 g/mol. The maximum absolute atomic E-state index is 12.8. The number of amides is 2. The third kappa shape index (κ3) is 4.68. The highest BCUT2D eigenvalue weighted by atomic mass is 32.2. The Kier molecular flexibility index (Phi) is 6.07. The van der Waals surface area contributed by atoms with E-state index in [1.807, 2.05) is 4.72 Å². The van der Waals surface area contributed by atoms with Crippen molar-refractivity contribution in [1.82, 2.24) is 24.5 Å². The molecule has 29 heavy (non-hydrogen) atoms. The van der Waals surface area contributed by atoms with E-state index in [1.165, 1.54) is 45.3 Å². The quantitative estimate of drug-likeness (QED) is 0.630. The zero-order valence-electron chi connectivity index (χ0n) is 15.6. The smallest absolute Gasteiger partial charge is 0.335 e. The van der Waals surface area contributed by atoms with Crippen LogP contribution in [0.5, 0.6) is 11.8 Å². The maximum Gasteiger partial charge on any atom is 0.335 e. The number of oxime groups is 1. The Morgan fingerprint density at radius 3 is 2.55 bits per heavy atom. The molecule has 156 valence electrons. The fraction of sp³-hybridized carbons (Fsp3) is 0.357. The van der Waals surface area contributed by atoms with Crippen molar-refractivity contribution in [2.24, 2.45) is 12.2 Å². The Morgan fingerprint density at radius 2 is 1.97 bits per heavy atom. The van der Waals surface area contributed by atoms with Gasteiger partial charge >= 0.3 is 6.03 Å². The lowest BCUT2D eigenvalue weighted by molar-refractivity contribution is 0.160. The standard InChI is InChI=1S/C14H17N7O6S2/c1-21-12(8(7-15-21)11-19-27-4-5-28-11)29(23,24)20-14(22)18-13-16-9(25-2)6-10(17-13)26-3/h6-7H,4-5H2,1-3H3,(H2,16,17,18,20,22). The maximum atomic E-state index is 12.8. The van der Waals surface area contributed by atoms with Gasteiger partial charge in [0, 0.05) is 12.8 Å². The number of methoxy groups -OCH3 is 2. The van der Waals surface area contributed by atoms with Crippen molar-refractivity contribution in [3.8, 4) is 11.8 Å². The molecule has 1 aliphatic heterocycles. The lowest BCUT2D eigenvalue weighted by Crippen LogP contribution is -2.36. The van der Waals surface area contributed by atoms with E-state index in [0.717, 1.165) is 4.68 Å². The molecule has 2 amide bonds. The first kappa shape index (κ1) is 20.7. The molecule has 0 radical (unpaired) electrons. The number of ether oxygens (including phenoxy) is 2. The van der Waals surface area contributed by atoms with Gasteiger partial charge in [0.05, 0.1) is 32.0 Å². The lowest BCUT2D eigenvalue weighted by atomic mass is 10.4. The molecule has 1 aliphatic rings. The third-order valence-corrected chi connectivity index (χ3v) is 5.87. The minimum Gasteiger partial charge on any atom is -0.481 e. The third-order valence-electron chi connectivity index (χ3n) is 3.48. The van der Waals surface area contributed by atoms with Gasteiger partial charge < -0.3 is 14.3 Å². The number of carbonyl (C=O) groups is 1. The van der Waals surface area contributed by atoms with E-state index in [0.29, 0.717) is 17.4 Å². The molecule has 0 spiro atoms. The molecule has 2 aromatic heterocycles. The molecule has 15 heteroatoms. The Balaban J connectivity index is 1.82. The predicted octanol–water partition coefficient (Wildman–Crippen LogP) is 0.163. The Labute approximate surface area is 169 Å². The van der Waals surface area contributed by atoms with Crippen LogP contribution in [0.2, 0.25) is 0 Å². The van der Waals surface area contributed by atoms with Crippen LogP contribution in [0.3, 0.4) is 0 Å². The van der Waals surface area contributed by atoms with E-state index < -0.39 is 16.1 Å². The summed E-state index contributed by atoms with van der Waals surface area (Å²) in [5.74, 6) is 0.642.